The Morgan fingerprint density at radius 1 is 1.47 bits per heavy atom. The Hall–Kier alpha value is -0.220. The molecule has 0 saturated carbocycles. The van der Waals surface area contributed by atoms with Gasteiger partial charge in [-0.2, -0.15) is 0 Å². The molecule has 0 aliphatic carbocycles. The van der Waals surface area contributed by atoms with Crippen molar-refractivity contribution in [1.29, 1.82) is 0 Å². The Bertz CT molecular complexity index is 344. The van der Waals surface area contributed by atoms with Gasteiger partial charge in [0.2, 0.25) is 0 Å². The fourth-order valence-electron chi connectivity index (χ4n) is 1.58. The molecule has 0 amide bonds. The molecule has 0 fully saturated rings. The number of thioether (sulfide) groups is 1. The summed E-state index contributed by atoms with van der Waals surface area (Å²) in [6.45, 7) is 2.80. The average Bonchev–Trinajstić information content (AvgIpc) is 2.28. The summed E-state index contributed by atoms with van der Waals surface area (Å²) in [7, 11) is 1.73. The maximum absolute atomic E-state index is 6.22. The van der Waals surface area contributed by atoms with E-state index >= 15 is 0 Å². The van der Waals surface area contributed by atoms with Gasteiger partial charge in [0.05, 0.1) is 0 Å². The van der Waals surface area contributed by atoms with E-state index in [1.807, 2.05) is 30.8 Å². The lowest BCUT2D eigenvalue weighted by molar-refractivity contribution is 0.200. The summed E-state index contributed by atoms with van der Waals surface area (Å²) < 4.78 is 5.04. The van der Waals surface area contributed by atoms with E-state index in [0.29, 0.717) is 0 Å². The first-order valence-electron chi connectivity index (χ1n) is 5.80. The van der Waals surface area contributed by atoms with Crippen LogP contribution >= 0.6 is 23.4 Å². The van der Waals surface area contributed by atoms with E-state index in [1.165, 1.54) is 10.5 Å². The second-order valence-electron chi connectivity index (χ2n) is 4.09. The van der Waals surface area contributed by atoms with Gasteiger partial charge >= 0.3 is 0 Å². The molecule has 0 aliphatic rings. The first-order valence-corrected chi connectivity index (χ1v) is 7.16. The number of rotatable bonds is 7. The Morgan fingerprint density at radius 3 is 2.88 bits per heavy atom. The number of hydrogen-bond acceptors (Lipinski definition) is 3. The summed E-state index contributed by atoms with van der Waals surface area (Å²) in [4.78, 5) is 1.24. The molecule has 17 heavy (non-hydrogen) atoms. The van der Waals surface area contributed by atoms with Crippen LogP contribution in [0.1, 0.15) is 18.9 Å². The first-order chi connectivity index (χ1) is 8.15. The molecule has 0 bridgehead atoms. The van der Waals surface area contributed by atoms with Gasteiger partial charge in [0.25, 0.3) is 0 Å². The third kappa shape index (κ3) is 5.30. The molecule has 1 rings (SSSR count). The lowest BCUT2D eigenvalue weighted by Crippen LogP contribution is -2.18. The molecule has 1 unspecified atom stereocenters. The molecule has 1 atom stereocenters. The van der Waals surface area contributed by atoms with Gasteiger partial charge < -0.3 is 10.5 Å². The van der Waals surface area contributed by atoms with Crippen LogP contribution < -0.4 is 5.73 Å². The molecule has 96 valence electrons. The summed E-state index contributed by atoms with van der Waals surface area (Å²) in [6.07, 6.45) is 1.87. The Kier molecular flexibility index (Phi) is 6.97. The summed E-state index contributed by atoms with van der Waals surface area (Å²) in [5.74, 6) is 1.04. The molecule has 0 heterocycles. The van der Waals surface area contributed by atoms with Crippen LogP contribution in [0, 0.1) is 0 Å². The number of methoxy groups -OCH3 is 1. The van der Waals surface area contributed by atoms with E-state index in [2.05, 4.69) is 6.07 Å². The highest BCUT2D eigenvalue weighted by atomic mass is 35.5. The van der Waals surface area contributed by atoms with Crippen LogP contribution in [0.4, 0.5) is 0 Å². The molecule has 4 heteroatoms. The molecule has 0 aromatic heterocycles. The van der Waals surface area contributed by atoms with Gasteiger partial charge in [-0.1, -0.05) is 17.7 Å². The Labute approximate surface area is 113 Å². The van der Waals surface area contributed by atoms with E-state index in [-0.39, 0.29) is 6.04 Å². The minimum Gasteiger partial charge on any atom is -0.385 e. The largest absolute Gasteiger partial charge is 0.385 e. The fourth-order valence-corrected chi connectivity index (χ4v) is 2.91. The van der Waals surface area contributed by atoms with Crippen molar-refractivity contribution >= 4 is 23.4 Å². The third-order valence-electron chi connectivity index (χ3n) is 2.35. The summed E-state index contributed by atoms with van der Waals surface area (Å²) in [6, 6.07) is 6.17. The van der Waals surface area contributed by atoms with Crippen LogP contribution in [0.25, 0.3) is 0 Å². The highest BCUT2D eigenvalue weighted by Gasteiger charge is 2.09. The number of nitrogens with two attached hydrogens (primary N) is 1. The second kappa shape index (κ2) is 7.98. The van der Waals surface area contributed by atoms with Crippen molar-refractivity contribution in [3.63, 3.8) is 0 Å². The number of ether oxygens (including phenoxy) is 1. The lowest BCUT2D eigenvalue weighted by Gasteiger charge is -2.13. The van der Waals surface area contributed by atoms with Crippen molar-refractivity contribution in [2.24, 2.45) is 5.73 Å². The molecule has 2 nitrogen and oxygen atoms in total. The highest BCUT2D eigenvalue weighted by Crippen LogP contribution is 2.29. The SMILES string of the molecule is COCCCSc1cccc(Cl)c1CC(C)N. The zero-order chi connectivity index (χ0) is 12.7. The molecule has 0 aliphatic heterocycles. The normalized spacial score (nSPS) is 12.7. The summed E-state index contributed by atoms with van der Waals surface area (Å²) in [5, 5.41) is 0.819. The second-order valence-corrected chi connectivity index (χ2v) is 5.64. The molecule has 2 N–H and O–H groups in total. The fraction of sp³-hybridized carbons (Fsp3) is 0.538. The molecule has 1 aromatic rings. The predicted octanol–water partition coefficient (Wildman–Crippen LogP) is 3.36. The van der Waals surface area contributed by atoms with Crippen LogP contribution in [-0.4, -0.2) is 25.5 Å². The van der Waals surface area contributed by atoms with Crippen LogP contribution in [0.15, 0.2) is 23.1 Å². The van der Waals surface area contributed by atoms with Crippen LogP contribution in [-0.2, 0) is 11.2 Å². The maximum Gasteiger partial charge on any atom is 0.0470 e. The third-order valence-corrected chi connectivity index (χ3v) is 3.89. The van der Waals surface area contributed by atoms with E-state index in [4.69, 9.17) is 22.1 Å². The lowest BCUT2D eigenvalue weighted by atomic mass is 10.1. The number of hydrogen-bond donors (Lipinski definition) is 1. The van der Waals surface area contributed by atoms with Crippen molar-refractivity contribution < 1.29 is 4.74 Å². The minimum absolute atomic E-state index is 0.133. The van der Waals surface area contributed by atoms with Crippen molar-refractivity contribution in [3.8, 4) is 0 Å². The van der Waals surface area contributed by atoms with Crippen LogP contribution in [0.5, 0.6) is 0 Å². The van der Waals surface area contributed by atoms with E-state index in [0.717, 1.165) is 30.2 Å². The van der Waals surface area contributed by atoms with Gasteiger partial charge in [-0.15, -0.1) is 11.8 Å². The van der Waals surface area contributed by atoms with Crippen molar-refractivity contribution in [2.75, 3.05) is 19.5 Å². The Balaban J connectivity index is 2.66. The average molecular weight is 274 g/mol. The zero-order valence-corrected chi connectivity index (χ0v) is 12.0. The standard InChI is InChI=1S/C13H20ClNOS/c1-10(15)9-11-12(14)5-3-6-13(11)17-8-4-7-16-2/h3,5-6,10H,4,7-9,15H2,1-2H3. The predicted molar refractivity (Wildman–Crippen MR) is 76.0 cm³/mol. The van der Waals surface area contributed by atoms with Gasteiger partial charge in [0, 0.05) is 35.4 Å². The molecular weight excluding hydrogens is 254 g/mol. The van der Waals surface area contributed by atoms with Crippen molar-refractivity contribution in [1.82, 2.24) is 0 Å². The maximum atomic E-state index is 6.22. The smallest absolute Gasteiger partial charge is 0.0470 e. The van der Waals surface area contributed by atoms with E-state index in [1.54, 1.807) is 7.11 Å². The van der Waals surface area contributed by atoms with E-state index in [9.17, 15) is 0 Å². The number of halogens is 1. The zero-order valence-electron chi connectivity index (χ0n) is 10.4. The highest BCUT2D eigenvalue weighted by molar-refractivity contribution is 7.99. The van der Waals surface area contributed by atoms with Gasteiger partial charge in [-0.25, -0.2) is 0 Å². The minimum atomic E-state index is 0.133. The summed E-state index contributed by atoms with van der Waals surface area (Å²) in [5.41, 5.74) is 7.02. The van der Waals surface area contributed by atoms with Gasteiger partial charge in [-0.3, -0.25) is 0 Å². The molecule has 0 spiro atoms. The van der Waals surface area contributed by atoms with Crippen molar-refractivity contribution in [2.45, 2.75) is 30.7 Å². The number of benzene rings is 1. The van der Waals surface area contributed by atoms with Crippen LogP contribution in [0.3, 0.4) is 0 Å². The molecular formula is C13H20ClNOS. The Morgan fingerprint density at radius 2 is 2.24 bits per heavy atom. The van der Waals surface area contributed by atoms with Gasteiger partial charge in [0.1, 0.15) is 0 Å². The molecule has 0 radical (unpaired) electrons. The topological polar surface area (TPSA) is 35.2 Å². The quantitative estimate of drug-likeness (QED) is 0.611. The summed E-state index contributed by atoms with van der Waals surface area (Å²) >= 11 is 8.04. The molecule has 0 saturated heterocycles. The first kappa shape index (κ1) is 14.8. The monoisotopic (exact) mass is 273 g/mol. The van der Waals surface area contributed by atoms with Gasteiger partial charge in [0.15, 0.2) is 0 Å². The van der Waals surface area contributed by atoms with E-state index < -0.39 is 0 Å². The van der Waals surface area contributed by atoms with Crippen molar-refractivity contribution in [3.05, 3.63) is 28.8 Å². The van der Waals surface area contributed by atoms with Crippen LogP contribution in [0.2, 0.25) is 5.02 Å². The molecule has 1 aromatic carbocycles. The van der Waals surface area contributed by atoms with Gasteiger partial charge in [-0.05, 0) is 37.5 Å².